The fraction of sp³-hybridized carbons (Fsp3) is 0.700. The van der Waals surface area contributed by atoms with Gasteiger partial charge in [-0.05, 0) is 26.3 Å². The van der Waals surface area contributed by atoms with E-state index < -0.39 is 0 Å². The van der Waals surface area contributed by atoms with Crippen LogP contribution >= 0.6 is 0 Å². The van der Waals surface area contributed by atoms with Crippen molar-refractivity contribution in [2.75, 3.05) is 13.1 Å². The number of rotatable bonds is 2. The predicted molar refractivity (Wildman–Crippen MR) is 54.5 cm³/mol. The molecule has 1 aromatic rings. The van der Waals surface area contributed by atoms with Gasteiger partial charge in [-0.3, -0.25) is 4.68 Å². The van der Waals surface area contributed by atoms with E-state index in [9.17, 15) is 0 Å². The second-order valence-electron chi connectivity index (χ2n) is 3.88. The Balaban J connectivity index is 1.98. The molecule has 14 heavy (non-hydrogen) atoms. The number of hydrogen-bond acceptors (Lipinski definition) is 3. The monoisotopic (exact) mass is 195 g/mol. The molecule has 4 heteroatoms. The molecule has 1 saturated heterocycles. The molecule has 2 heterocycles. The van der Waals surface area contributed by atoms with Gasteiger partial charge in [0.2, 0.25) is 5.88 Å². The lowest BCUT2D eigenvalue weighted by Gasteiger charge is -2.22. The zero-order chi connectivity index (χ0) is 9.97. The zero-order valence-corrected chi connectivity index (χ0v) is 8.79. The van der Waals surface area contributed by atoms with Crippen LogP contribution in [0.4, 0.5) is 0 Å². The minimum atomic E-state index is 0.289. The van der Waals surface area contributed by atoms with Gasteiger partial charge in [0, 0.05) is 25.4 Å². The molecule has 0 amide bonds. The Bertz CT molecular complexity index is 302. The standard InChI is InChI=1S/C10H17N3O/c1-8-7-13(2)12-10(8)14-9-4-3-5-11-6-9/h7,9,11H,3-6H2,1-2H3. The Morgan fingerprint density at radius 2 is 2.50 bits per heavy atom. The van der Waals surface area contributed by atoms with Crippen LogP contribution in [0.2, 0.25) is 0 Å². The van der Waals surface area contributed by atoms with Gasteiger partial charge in [-0.25, -0.2) is 0 Å². The Kier molecular flexibility index (Phi) is 2.72. The third kappa shape index (κ3) is 2.07. The van der Waals surface area contributed by atoms with Crippen LogP contribution in [0, 0.1) is 6.92 Å². The molecule has 1 fully saturated rings. The number of hydrogen-bond donors (Lipinski definition) is 1. The summed E-state index contributed by atoms with van der Waals surface area (Å²) in [5, 5.41) is 7.59. The van der Waals surface area contributed by atoms with Crippen LogP contribution in [0.3, 0.4) is 0 Å². The van der Waals surface area contributed by atoms with E-state index in [-0.39, 0.29) is 6.10 Å². The van der Waals surface area contributed by atoms with Crippen molar-refractivity contribution in [3.05, 3.63) is 11.8 Å². The maximum atomic E-state index is 5.81. The SMILES string of the molecule is Cc1cn(C)nc1OC1CCCNC1. The van der Waals surface area contributed by atoms with Crippen molar-refractivity contribution in [2.24, 2.45) is 7.05 Å². The van der Waals surface area contributed by atoms with Crippen LogP contribution in [-0.4, -0.2) is 29.0 Å². The van der Waals surface area contributed by atoms with E-state index in [0.29, 0.717) is 0 Å². The van der Waals surface area contributed by atoms with Crippen LogP contribution in [0.5, 0.6) is 5.88 Å². The summed E-state index contributed by atoms with van der Waals surface area (Å²) in [6.07, 6.45) is 4.59. The average Bonchev–Trinajstić information content (AvgIpc) is 2.47. The highest BCUT2D eigenvalue weighted by molar-refractivity contribution is 5.21. The number of nitrogens with one attached hydrogen (secondary N) is 1. The third-order valence-corrected chi connectivity index (χ3v) is 2.50. The molecule has 1 aromatic heterocycles. The van der Waals surface area contributed by atoms with Gasteiger partial charge in [0.05, 0.1) is 0 Å². The van der Waals surface area contributed by atoms with Crippen LogP contribution in [0.1, 0.15) is 18.4 Å². The smallest absolute Gasteiger partial charge is 0.235 e. The number of aromatic nitrogens is 2. The molecular formula is C10H17N3O. The highest BCUT2D eigenvalue weighted by Gasteiger charge is 2.16. The van der Waals surface area contributed by atoms with Gasteiger partial charge < -0.3 is 10.1 Å². The number of piperidine rings is 1. The Labute approximate surface area is 84.3 Å². The summed E-state index contributed by atoms with van der Waals surface area (Å²) in [5.74, 6) is 0.779. The van der Waals surface area contributed by atoms with E-state index in [0.717, 1.165) is 31.0 Å². The quantitative estimate of drug-likeness (QED) is 0.760. The van der Waals surface area contributed by atoms with E-state index in [1.165, 1.54) is 6.42 Å². The van der Waals surface area contributed by atoms with Gasteiger partial charge in [0.15, 0.2) is 0 Å². The van der Waals surface area contributed by atoms with Gasteiger partial charge in [0.25, 0.3) is 0 Å². The van der Waals surface area contributed by atoms with Gasteiger partial charge in [-0.1, -0.05) is 0 Å². The van der Waals surface area contributed by atoms with Crippen molar-refractivity contribution in [2.45, 2.75) is 25.9 Å². The average molecular weight is 195 g/mol. The molecule has 0 radical (unpaired) electrons. The summed E-state index contributed by atoms with van der Waals surface area (Å²) in [5.41, 5.74) is 1.11. The number of ether oxygens (including phenoxy) is 1. The molecule has 78 valence electrons. The molecule has 1 aliphatic rings. The molecule has 0 bridgehead atoms. The van der Waals surface area contributed by atoms with Crippen LogP contribution in [-0.2, 0) is 7.05 Å². The van der Waals surface area contributed by atoms with Crippen molar-refractivity contribution < 1.29 is 4.74 Å². The molecule has 4 nitrogen and oxygen atoms in total. The van der Waals surface area contributed by atoms with Crippen molar-refractivity contribution in [3.63, 3.8) is 0 Å². The van der Waals surface area contributed by atoms with Crippen molar-refractivity contribution in [1.82, 2.24) is 15.1 Å². The lowest BCUT2D eigenvalue weighted by molar-refractivity contribution is 0.158. The van der Waals surface area contributed by atoms with Crippen LogP contribution in [0.15, 0.2) is 6.20 Å². The highest BCUT2D eigenvalue weighted by Crippen LogP contribution is 2.17. The molecule has 1 unspecified atom stereocenters. The van der Waals surface area contributed by atoms with Gasteiger partial charge in [-0.15, -0.1) is 5.10 Å². The van der Waals surface area contributed by atoms with Gasteiger partial charge in [-0.2, -0.15) is 0 Å². The topological polar surface area (TPSA) is 39.1 Å². The van der Waals surface area contributed by atoms with Crippen LogP contribution < -0.4 is 10.1 Å². The first-order valence-corrected chi connectivity index (χ1v) is 5.13. The Morgan fingerprint density at radius 1 is 1.64 bits per heavy atom. The van der Waals surface area contributed by atoms with E-state index >= 15 is 0 Å². The zero-order valence-electron chi connectivity index (χ0n) is 8.79. The maximum absolute atomic E-state index is 5.81. The summed E-state index contributed by atoms with van der Waals surface area (Å²) in [4.78, 5) is 0. The van der Waals surface area contributed by atoms with E-state index in [4.69, 9.17) is 4.74 Å². The molecule has 1 atom stereocenters. The predicted octanol–water partition coefficient (Wildman–Crippen LogP) is 0.859. The molecule has 0 aromatic carbocycles. The molecule has 2 rings (SSSR count). The molecule has 1 N–H and O–H groups in total. The summed E-state index contributed by atoms with van der Waals surface area (Å²) < 4.78 is 7.61. The van der Waals surface area contributed by atoms with Gasteiger partial charge in [0.1, 0.15) is 6.10 Å². The number of nitrogens with zero attached hydrogens (tertiary/aromatic N) is 2. The Morgan fingerprint density at radius 3 is 3.07 bits per heavy atom. The second kappa shape index (κ2) is 4.00. The van der Waals surface area contributed by atoms with Crippen molar-refractivity contribution >= 4 is 0 Å². The fourth-order valence-corrected chi connectivity index (χ4v) is 1.78. The first kappa shape index (κ1) is 9.52. The summed E-state index contributed by atoms with van der Waals surface area (Å²) in [7, 11) is 1.92. The third-order valence-electron chi connectivity index (χ3n) is 2.50. The molecule has 0 spiro atoms. The van der Waals surface area contributed by atoms with E-state index in [2.05, 4.69) is 10.4 Å². The lowest BCUT2D eigenvalue weighted by Crippen LogP contribution is -2.37. The molecular weight excluding hydrogens is 178 g/mol. The van der Waals surface area contributed by atoms with Crippen LogP contribution in [0.25, 0.3) is 0 Å². The minimum Gasteiger partial charge on any atom is -0.472 e. The first-order valence-electron chi connectivity index (χ1n) is 5.13. The molecule has 0 saturated carbocycles. The maximum Gasteiger partial charge on any atom is 0.235 e. The van der Waals surface area contributed by atoms with Gasteiger partial charge >= 0.3 is 0 Å². The largest absolute Gasteiger partial charge is 0.472 e. The number of aryl methyl sites for hydroxylation is 2. The first-order chi connectivity index (χ1) is 6.75. The van der Waals surface area contributed by atoms with Crippen molar-refractivity contribution in [3.8, 4) is 5.88 Å². The minimum absolute atomic E-state index is 0.289. The summed E-state index contributed by atoms with van der Waals surface area (Å²) >= 11 is 0. The Hall–Kier alpha value is -1.03. The van der Waals surface area contributed by atoms with Crippen molar-refractivity contribution in [1.29, 1.82) is 0 Å². The van der Waals surface area contributed by atoms with E-state index in [1.807, 2.05) is 20.2 Å². The summed E-state index contributed by atoms with van der Waals surface area (Å²) in [6, 6.07) is 0. The normalized spacial score (nSPS) is 22.3. The second-order valence-corrected chi connectivity index (χ2v) is 3.88. The fourth-order valence-electron chi connectivity index (χ4n) is 1.78. The lowest BCUT2D eigenvalue weighted by atomic mass is 10.1. The highest BCUT2D eigenvalue weighted by atomic mass is 16.5. The van der Waals surface area contributed by atoms with E-state index in [1.54, 1.807) is 4.68 Å². The molecule has 0 aliphatic carbocycles. The molecule has 1 aliphatic heterocycles. The summed E-state index contributed by atoms with van der Waals surface area (Å²) in [6.45, 7) is 4.08.